The number of amides is 1. The van der Waals surface area contributed by atoms with Gasteiger partial charge >= 0.3 is 0 Å². The minimum absolute atomic E-state index is 0.0960. The SMILES string of the molecule is CCCc1noc(C2CCC(=O)N2Cc2ccc(C)cc2C)n1. The third kappa shape index (κ3) is 3.28. The normalized spacial score (nSPS) is 18.0. The first-order chi connectivity index (χ1) is 11.1. The molecule has 5 heteroatoms. The highest BCUT2D eigenvalue weighted by molar-refractivity contribution is 5.78. The Labute approximate surface area is 136 Å². The number of carbonyl (C=O) groups excluding carboxylic acids is 1. The van der Waals surface area contributed by atoms with E-state index in [1.54, 1.807) is 0 Å². The molecule has 1 atom stereocenters. The maximum atomic E-state index is 12.3. The quantitative estimate of drug-likeness (QED) is 0.847. The predicted octanol–water partition coefficient (Wildman–Crippen LogP) is 3.50. The first kappa shape index (κ1) is 15.7. The second-order valence-electron chi connectivity index (χ2n) is 6.30. The second kappa shape index (κ2) is 6.52. The molecule has 5 nitrogen and oxygen atoms in total. The zero-order valence-electron chi connectivity index (χ0n) is 14.0. The number of hydrogen-bond acceptors (Lipinski definition) is 4. The van der Waals surface area contributed by atoms with Crippen molar-refractivity contribution in [1.82, 2.24) is 15.0 Å². The molecule has 3 rings (SSSR count). The smallest absolute Gasteiger partial charge is 0.249 e. The maximum Gasteiger partial charge on any atom is 0.249 e. The van der Waals surface area contributed by atoms with Crippen LogP contribution in [0.25, 0.3) is 0 Å². The number of aryl methyl sites for hydroxylation is 3. The van der Waals surface area contributed by atoms with E-state index in [1.165, 1.54) is 16.7 Å². The van der Waals surface area contributed by atoms with Crippen molar-refractivity contribution in [3.8, 4) is 0 Å². The van der Waals surface area contributed by atoms with Crippen LogP contribution in [0, 0.1) is 13.8 Å². The summed E-state index contributed by atoms with van der Waals surface area (Å²) in [4.78, 5) is 18.7. The van der Waals surface area contributed by atoms with Crippen LogP contribution >= 0.6 is 0 Å². The van der Waals surface area contributed by atoms with Crippen molar-refractivity contribution in [3.63, 3.8) is 0 Å². The Morgan fingerprint density at radius 3 is 2.91 bits per heavy atom. The Balaban J connectivity index is 1.81. The van der Waals surface area contributed by atoms with Crippen LogP contribution in [0.4, 0.5) is 0 Å². The van der Waals surface area contributed by atoms with Gasteiger partial charge in [0.05, 0.1) is 0 Å². The lowest BCUT2D eigenvalue weighted by Gasteiger charge is -2.23. The lowest BCUT2D eigenvalue weighted by atomic mass is 10.0. The summed E-state index contributed by atoms with van der Waals surface area (Å²) >= 11 is 0. The van der Waals surface area contributed by atoms with Crippen LogP contribution < -0.4 is 0 Å². The molecule has 0 radical (unpaired) electrons. The number of aromatic nitrogens is 2. The second-order valence-corrected chi connectivity index (χ2v) is 6.30. The lowest BCUT2D eigenvalue weighted by Crippen LogP contribution is -2.27. The Morgan fingerprint density at radius 1 is 1.35 bits per heavy atom. The number of carbonyl (C=O) groups is 1. The first-order valence-corrected chi connectivity index (χ1v) is 8.26. The lowest BCUT2D eigenvalue weighted by molar-refractivity contribution is -0.130. The van der Waals surface area contributed by atoms with E-state index in [0.29, 0.717) is 18.9 Å². The number of likely N-dealkylation sites (tertiary alicyclic amines) is 1. The summed E-state index contributed by atoms with van der Waals surface area (Å²) in [5, 5.41) is 4.02. The van der Waals surface area contributed by atoms with Gasteiger partial charge in [0.25, 0.3) is 0 Å². The van der Waals surface area contributed by atoms with Crippen molar-refractivity contribution in [2.24, 2.45) is 0 Å². The van der Waals surface area contributed by atoms with Gasteiger partial charge < -0.3 is 9.42 Å². The maximum absolute atomic E-state index is 12.3. The molecule has 1 aliphatic heterocycles. The van der Waals surface area contributed by atoms with Gasteiger partial charge in [0.15, 0.2) is 5.82 Å². The molecule has 2 aromatic rings. The molecular formula is C18H23N3O2. The fourth-order valence-corrected chi connectivity index (χ4v) is 3.12. The highest BCUT2D eigenvalue weighted by Gasteiger charge is 2.36. The molecule has 122 valence electrons. The number of nitrogens with zero attached hydrogens (tertiary/aromatic N) is 3. The molecule has 1 aliphatic rings. The van der Waals surface area contributed by atoms with E-state index < -0.39 is 0 Å². The van der Waals surface area contributed by atoms with Gasteiger partial charge in [0.1, 0.15) is 6.04 Å². The Kier molecular flexibility index (Phi) is 4.46. The topological polar surface area (TPSA) is 59.2 Å². The highest BCUT2D eigenvalue weighted by atomic mass is 16.5. The summed E-state index contributed by atoms with van der Waals surface area (Å²) in [7, 11) is 0. The molecule has 1 aromatic carbocycles. The summed E-state index contributed by atoms with van der Waals surface area (Å²) < 4.78 is 5.41. The largest absolute Gasteiger partial charge is 0.337 e. The van der Waals surface area contributed by atoms with E-state index in [4.69, 9.17) is 4.52 Å². The third-order valence-corrected chi connectivity index (χ3v) is 4.41. The van der Waals surface area contributed by atoms with Gasteiger partial charge in [-0.25, -0.2) is 0 Å². The van der Waals surface area contributed by atoms with Crippen molar-refractivity contribution in [3.05, 3.63) is 46.6 Å². The Bertz CT molecular complexity index is 708. The van der Waals surface area contributed by atoms with Crippen LogP contribution in [0.1, 0.15) is 60.6 Å². The molecule has 1 unspecified atom stereocenters. The molecule has 1 aromatic heterocycles. The summed E-state index contributed by atoms with van der Waals surface area (Å²) in [5.74, 6) is 1.46. The molecule has 0 N–H and O–H groups in total. The van der Waals surface area contributed by atoms with Crippen molar-refractivity contribution >= 4 is 5.91 Å². The molecule has 1 saturated heterocycles. The van der Waals surface area contributed by atoms with Crippen LogP contribution in [-0.4, -0.2) is 20.9 Å². The van der Waals surface area contributed by atoms with E-state index >= 15 is 0 Å². The minimum Gasteiger partial charge on any atom is -0.337 e. The summed E-state index contributed by atoms with van der Waals surface area (Å²) in [6.07, 6.45) is 3.08. The van der Waals surface area contributed by atoms with Crippen molar-refractivity contribution in [2.75, 3.05) is 0 Å². The van der Waals surface area contributed by atoms with Gasteiger partial charge in [-0.3, -0.25) is 4.79 Å². The third-order valence-electron chi connectivity index (χ3n) is 4.41. The van der Waals surface area contributed by atoms with E-state index in [-0.39, 0.29) is 11.9 Å². The average molecular weight is 313 g/mol. The van der Waals surface area contributed by atoms with E-state index in [9.17, 15) is 4.79 Å². The zero-order chi connectivity index (χ0) is 16.4. The number of hydrogen-bond donors (Lipinski definition) is 0. The Hall–Kier alpha value is -2.17. The van der Waals surface area contributed by atoms with Crippen LogP contribution in [0.5, 0.6) is 0 Å². The summed E-state index contributed by atoms with van der Waals surface area (Å²) in [6.45, 7) is 6.85. The minimum atomic E-state index is -0.0960. The fraction of sp³-hybridized carbons (Fsp3) is 0.500. The predicted molar refractivity (Wildman–Crippen MR) is 86.7 cm³/mol. The summed E-state index contributed by atoms with van der Waals surface area (Å²) in [5.41, 5.74) is 3.61. The van der Waals surface area contributed by atoms with Gasteiger partial charge in [-0.15, -0.1) is 0 Å². The van der Waals surface area contributed by atoms with Gasteiger partial charge in [-0.2, -0.15) is 4.98 Å². The van der Waals surface area contributed by atoms with Crippen molar-refractivity contribution in [2.45, 2.75) is 59.0 Å². The van der Waals surface area contributed by atoms with Crippen molar-refractivity contribution in [1.29, 1.82) is 0 Å². The highest BCUT2D eigenvalue weighted by Crippen LogP contribution is 2.33. The number of rotatable bonds is 5. The Morgan fingerprint density at radius 2 is 2.17 bits per heavy atom. The molecular weight excluding hydrogens is 290 g/mol. The van der Waals surface area contributed by atoms with Crippen LogP contribution in [0.3, 0.4) is 0 Å². The molecule has 23 heavy (non-hydrogen) atoms. The van der Waals surface area contributed by atoms with Gasteiger partial charge in [0.2, 0.25) is 11.8 Å². The molecule has 0 spiro atoms. The van der Waals surface area contributed by atoms with Crippen LogP contribution in [0.2, 0.25) is 0 Å². The monoisotopic (exact) mass is 313 g/mol. The van der Waals surface area contributed by atoms with Crippen molar-refractivity contribution < 1.29 is 9.32 Å². The van der Waals surface area contributed by atoms with Gasteiger partial charge in [-0.1, -0.05) is 35.8 Å². The summed E-state index contributed by atoms with van der Waals surface area (Å²) in [6, 6.07) is 6.24. The van der Waals surface area contributed by atoms with Gasteiger partial charge in [0, 0.05) is 19.4 Å². The first-order valence-electron chi connectivity index (χ1n) is 8.26. The van der Waals surface area contributed by atoms with Crippen LogP contribution in [-0.2, 0) is 17.8 Å². The molecule has 1 amide bonds. The fourth-order valence-electron chi connectivity index (χ4n) is 3.12. The molecule has 0 saturated carbocycles. The molecule has 2 heterocycles. The standard InChI is InChI=1S/C18H23N3O2/c1-4-5-16-19-18(23-20-16)15-8-9-17(22)21(15)11-14-7-6-12(2)10-13(14)3/h6-7,10,15H,4-5,8-9,11H2,1-3H3. The molecule has 0 bridgehead atoms. The van der Waals surface area contributed by atoms with E-state index in [2.05, 4.69) is 49.1 Å². The van der Waals surface area contributed by atoms with Crippen LogP contribution in [0.15, 0.2) is 22.7 Å². The zero-order valence-corrected chi connectivity index (χ0v) is 14.0. The average Bonchev–Trinajstić information content (AvgIpc) is 3.10. The molecule has 1 fully saturated rings. The van der Waals surface area contributed by atoms with Gasteiger partial charge in [-0.05, 0) is 37.8 Å². The number of benzene rings is 1. The van der Waals surface area contributed by atoms with E-state index in [1.807, 2.05) is 4.90 Å². The van der Waals surface area contributed by atoms with E-state index in [0.717, 1.165) is 25.1 Å². The molecule has 0 aliphatic carbocycles.